The van der Waals surface area contributed by atoms with Crippen molar-refractivity contribution in [3.8, 4) is 0 Å². The number of benzene rings is 1. The van der Waals surface area contributed by atoms with Gasteiger partial charge in [0.25, 0.3) is 0 Å². The molecule has 0 unspecified atom stereocenters. The molecule has 0 aromatic heterocycles. The third-order valence-corrected chi connectivity index (χ3v) is 3.13. The molecule has 0 spiro atoms. The van der Waals surface area contributed by atoms with Gasteiger partial charge in [0, 0.05) is 29.7 Å². The van der Waals surface area contributed by atoms with Crippen molar-refractivity contribution in [1.82, 2.24) is 10.6 Å². The molecule has 0 radical (unpaired) electrons. The van der Waals surface area contributed by atoms with E-state index in [2.05, 4.69) is 30.5 Å². The van der Waals surface area contributed by atoms with Crippen LogP contribution >= 0.6 is 11.6 Å². The van der Waals surface area contributed by atoms with Crippen molar-refractivity contribution in [3.05, 3.63) is 34.9 Å². The Balaban J connectivity index is 2.12. The van der Waals surface area contributed by atoms with Crippen molar-refractivity contribution in [3.63, 3.8) is 0 Å². The van der Waals surface area contributed by atoms with Gasteiger partial charge in [0.15, 0.2) is 0 Å². The van der Waals surface area contributed by atoms with Crippen LogP contribution in [0.5, 0.6) is 0 Å². The molecule has 82 valence electrons. The molecular weight excluding hydrogens is 208 g/mol. The Hall–Kier alpha value is -0.570. The van der Waals surface area contributed by atoms with E-state index in [9.17, 15) is 0 Å². The third-order valence-electron chi connectivity index (χ3n) is 2.89. The summed E-state index contributed by atoms with van der Waals surface area (Å²) in [5, 5.41) is 7.67. The van der Waals surface area contributed by atoms with Crippen molar-refractivity contribution in [2.45, 2.75) is 25.4 Å². The van der Waals surface area contributed by atoms with Crippen LogP contribution in [-0.4, -0.2) is 19.1 Å². The minimum atomic E-state index is -0.0162. The second-order valence-corrected chi connectivity index (χ2v) is 5.07. The van der Waals surface area contributed by atoms with Crippen LogP contribution in [0.3, 0.4) is 0 Å². The molecular formula is C12H17ClN2. The molecule has 1 aromatic rings. The van der Waals surface area contributed by atoms with Crippen LogP contribution in [0.4, 0.5) is 0 Å². The van der Waals surface area contributed by atoms with E-state index in [0.29, 0.717) is 6.04 Å². The Morgan fingerprint density at radius 1 is 1.40 bits per heavy atom. The van der Waals surface area contributed by atoms with Gasteiger partial charge in [0.1, 0.15) is 0 Å². The predicted octanol–water partition coefficient (Wildman–Crippen LogP) is 2.14. The molecule has 0 amide bonds. The highest BCUT2D eigenvalue weighted by Crippen LogP contribution is 2.23. The predicted molar refractivity (Wildman–Crippen MR) is 64.3 cm³/mol. The second-order valence-electron chi connectivity index (χ2n) is 4.63. The van der Waals surface area contributed by atoms with Gasteiger partial charge < -0.3 is 10.6 Å². The Morgan fingerprint density at radius 2 is 2.13 bits per heavy atom. The topological polar surface area (TPSA) is 24.1 Å². The summed E-state index contributed by atoms with van der Waals surface area (Å²) in [7, 11) is 0. The maximum absolute atomic E-state index is 6.00. The van der Waals surface area contributed by atoms with Crippen molar-refractivity contribution < 1.29 is 0 Å². The lowest BCUT2D eigenvalue weighted by Gasteiger charge is -2.37. The van der Waals surface area contributed by atoms with Crippen LogP contribution in [0.1, 0.15) is 19.4 Å². The minimum Gasteiger partial charge on any atom is -0.314 e. The normalized spacial score (nSPS) is 17.5. The van der Waals surface area contributed by atoms with E-state index in [0.717, 1.165) is 18.1 Å². The van der Waals surface area contributed by atoms with Gasteiger partial charge in [0.05, 0.1) is 0 Å². The van der Waals surface area contributed by atoms with Crippen LogP contribution < -0.4 is 10.6 Å². The molecule has 1 aliphatic heterocycles. The number of halogens is 1. The lowest BCUT2D eigenvalue weighted by molar-refractivity contribution is 0.274. The number of hydrogen-bond donors (Lipinski definition) is 2. The monoisotopic (exact) mass is 224 g/mol. The molecule has 2 rings (SSSR count). The van der Waals surface area contributed by atoms with Crippen molar-refractivity contribution in [2.75, 3.05) is 13.1 Å². The fraction of sp³-hybridized carbons (Fsp3) is 0.500. The summed E-state index contributed by atoms with van der Waals surface area (Å²) >= 11 is 6.00. The quantitative estimate of drug-likeness (QED) is 0.822. The van der Waals surface area contributed by atoms with Gasteiger partial charge >= 0.3 is 0 Å². The molecule has 0 atom stereocenters. The van der Waals surface area contributed by atoms with Crippen LogP contribution in [0, 0.1) is 0 Å². The van der Waals surface area contributed by atoms with E-state index in [4.69, 9.17) is 11.6 Å². The molecule has 2 nitrogen and oxygen atoms in total. The highest BCUT2D eigenvalue weighted by atomic mass is 35.5. The molecule has 0 bridgehead atoms. The minimum absolute atomic E-state index is 0.0162. The van der Waals surface area contributed by atoms with Gasteiger partial charge in [-0.25, -0.2) is 0 Å². The summed E-state index contributed by atoms with van der Waals surface area (Å²) in [6.07, 6.45) is 0. The van der Waals surface area contributed by atoms with Crippen molar-refractivity contribution in [2.24, 2.45) is 0 Å². The molecule has 3 heteroatoms. The summed E-state index contributed by atoms with van der Waals surface area (Å²) in [5.74, 6) is 0. The number of rotatable bonds is 3. The lowest BCUT2D eigenvalue weighted by Crippen LogP contribution is -2.59. The molecule has 2 N–H and O–H groups in total. The van der Waals surface area contributed by atoms with E-state index < -0.39 is 0 Å². The Morgan fingerprint density at radius 3 is 2.67 bits per heavy atom. The second kappa shape index (κ2) is 4.12. The first kappa shape index (κ1) is 10.9. The zero-order valence-corrected chi connectivity index (χ0v) is 9.93. The van der Waals surface area contributed by atoms with E-state index in [-0.39, 0.29) is 5.54 Å². The molecule has 1 fully saturated rings. The molecule has 15 heavy (non-hydrogen) atoms. The first-order valence-electron chi connectivity index (χ1n) is 5.32. The van der Waals surface area contributed by atoms with Gasteiger partial charge in [0.2, 0.25) is 0 Å². The van der Waals surface area contributed by atoms with Gasteiger partial charge in [-0.1, -0.05) is 23.7 Å². The summed E-state index contributed by atoms with van der Waals surface area (Å²) in [5.41, 5.74) is 1.22. The largest absolute Gasteiger partial charge is 0.314 e. The van der Waals surface area contributed by atoms with Gasteiger partial charge in [-0.15, -0.1) is 0 Å². The standard InChI is InChI=1S/C12H17ClN2/c1-12(2,15-11-7-14-8-11)9-4-3-5-10(13)6-9/h3-6,11,14-15H,7-8H2,1-2H3. The first-order chi connectivity index (χ1) is 7.08. The average molecular weight is 225 g/mol. The van der Waals surface area contributed by atoms with E-state index in [1.807, 2.05) is 18.2 Å². The smallest absolute Gasteiger partial charge is 0.0409 e. The first-order valence-corrected chi connectivity index (χ1v) is 5.70. The zero-order chi connectivity index (χ0) is 10.9. The van der Waals surface area contributed by atoms with E-state index in [1.54, 1.807) is 0 Å². The summed E-state index contributed by atoms with van der Waals surface area (Å²) in [6.45, 7) is 6.50. The summed E-state index contributed by atoms with van der Waals surface area (Å²) in [6, 6.07) is 8.64. The van der Waals surface area contributed by atoms with Crippen molar-refractivity contribution >= 4 is 11.6 Å². The Kier molecular flexibility index (Phi) is 3.01. The SMILES string of the molecule is CC(C)(NC1CNC1)c1cccc(Cl)c1. The molecule has 0 saturated carbocycles. The molecule has 1 saturated heterocycles. The Labute approximate surface area is 96.0 Å². The highest BCUT2D eigenvalue weighted by molar-refractivity contribution is 6.30. The summed E-state index contributed by atoms with van der Waals surface area (Å²) < 4.78 is 0. The van der Waals surface area contributed by atoms with Crippen LogP contribution in [0.25, 0.3) is 0 Å². The maximum Gasteiger partial charge on any atom is 0.0409 e. The van der Waals surface area contributed by atoms with Crippen LogP contribution in [0.15, 0.2) is 24.3 Å². The van der Waals surface area contributed by atoms with E-state index >= 15 is 0 Å². The molecule has 0 aliphatic carbocycles. The fourth-order valence-corrected chi connectivity index (χ4v) is 2.05. The number of hydrogen-bond acceptors (Lipinski definition) is 2. The molecule has 1 heterocycles. The van der Waals surface area contributed by atoms with E-state index in [1.165, 1.54) is 5.56 Å². The van der Waals surface area contributed by atoms with Crippen LogP contribution in [-0.2, 0) is 5.54 Å². The summed E-state index contributed by atoms with van der Waals surface area (Å²) in [4.78, 5) is 0. The average Bonchev–Trinajstić information content (AvgIpc) is 2.12. The van der Waals surface area contributed by atoms with Gasteiger partial charge in [-0.3, -0.25) is 0 Å². The Bertz CT molecular complexity index is 345. The molecule has 1 aromatic carbocycles. The third kappa shape index (κ3) is 2.51. The maximum atomic E-state index is 6.00. The number of nitrogens with one attached hydrogen (secondary N) is 2. The van der Waals surface area contributed by atoms with Gasteiger partial charge in [-0.2, -0.15) is 0 Å². The fourth-order valence-electron chi connectivity index (χ4n) is 1.86. The van der Waals surface area contributed by atoms with Crippen molar-refractivity contribution in [1.29, 1.82) is 0 Å². The molecule has 1 aliphatic rings. The van der Waals surface area contributed by atoms with Crippen LogP contribution in [0.2, 0.25) is 5.02 Å². The van der Waals surface area contributed by atoms with Gasteiger partial charge in [-0.05, 0) is 31.5 Å². The lowest BCUT2D eigenvalue weighted by atomic mass is 9.92. The zero-order valence-electron chi connectivity index (χ0n) is 9.18. The highest BCUT2D eigenvalue weighted by Gasteiger charge is 2.27.